The van der Waals surface area contributed by atoms with Crippen LogP contribution in [0.2, 0.25) is 0 Å². The summed E-state index contributed by atoms with van der Waals surface area (Å²) < 4.78 is 14.8. The summed E-state index contributed by atoms with van der Waals surface area (Å²) in [5.41, 5.74) is 1.38. The van der Waals surface area contributed by atoms with Crippen LogP contribution in [-0.2, 0) is 16.1 Å². The molecule has 2 heterocycles. The summed E-state index contributed by atoms with van der Waals surface area (Å²) >= 11 is 0. The third-order valence-electron chi connectivity index (χ3n) is 2.63. The lowest BCUT2D eigenvalue weighted by atomic mass is 10.2. The second-order valence-corrected chi connectivity index (χ2v) is 4.01. The summed E-state index contributed by atoms with van der Waals surface area (Å²) in [7, 11) is 1.27. The molecule has 0 N–H and O–H groups in total. The smallest absolute Gasteiger partial charge is 0.341 e. The molecule has 0 atom stereocenters. The normalized spacial score (nSPS) is 10.1. The maximum absolute atomic E-state index is 11.8. The Balaban J connectivity index is 2.02. The molecular formula is C14H13NO5. The van der Waals surface area contributed by atoms with Gasteiger partial charge in [0.2, 0.25) is 0 Å². The lowest BCUT2D eigenvalue weighted by Crippen LogP contribution is -2.08. The molecule has 0 aliphatic heterocycles. The highest BCUT2D eigenvalue weighted by Gasteiger charge is 2.17. The van der Waals surface area contributed by atoms with Gasteiger partial charge in [-0.3, -0.25) is 4.98 Å². The number of pyridine rings is 1. The number of ether oxygens (including phenoxy) is 2. The first-order valence-corrected chi connectivity index (χ1v) is 5.86. The number of aromatic nitrogens is 1. The number of carbonyl (C=O) groups excluding carboxylic acids is 2. The van der Waals surface area contributed by atoms with E-state index in [4.69, 9.17) is 9.15 Å². The van der Waals surface area contributed by atoms with E-state index in [0.29, 0.717) is 5.56 Å². The van der Waals surface area contributed by atoms with E-state index in [1.54, 1.807) is 12.1 Å². The number of furan rings is 1. The molecule has 6 heteroatoms. The molecule has 0 aromatic carbocycles. The van der Waals surface area contributed by atoms with E-state index in [-0.39, 0.29) is 17.9 Å². The molecule has 2 aromatic heterocycles. The van der Waals surface area contributed by atoms with E-state index >= 15 is 0 Å². The Hall–Kier alpha value is -2.63. The van der Waals surface area contributed by atoms with Gasteiger partial charge in [0, 0.05) is 11.9 Å². The Bertz CT molecular complexity index is 615. The van der Waals surface area contributed by atoms with Gasteiger partial charge in [-0.1, -0.05) is 0 Å². The van der Waals surface area contributed by atoms with Crippen LogP contribution >= 0.6 is 0 Å². The highest BCUT2D eigenvalue weighted by atomic mass is 16.5. The molecule has 20 heavy (non-hydrogen) atoms. The molecule has 6 nitrogen and oxygen atoms in total. The van der Waals surface area contributed by atoms with E-state index in [2.05, 4.69) is 9.72 Å². The van der Waals surface area contributed by atoms with E-state index in [0.717, 1.165) is 5.69 Å². The summed E-state index contributed by atoms with van der Waals surface area (Å²) in [5, 5.41) is 0. The van der Waals surface area contributed by atoms with Crippen molar-refractivity contribution in [3.63, 3.8) is 0 Å². The van der Waals surface area contributed by atoms with Crippen LogP contribution in [-0.4, -0.2) is 24.0 Å². The van der Waals surface area contributed by atoms with E-state index < -0.39 is 11.9 Å². The van der Waals surface area contributed by atoms with Crippen molar-refractivity contribution in [2.24, 2.45) is 0 Å². The van der Waals surface area contributed by atoms with E-state index in [9.17, 15) is 9.59 Å². The van der Waals surface area contributed by atoms with Crippen LogP contribution in [0.3, 0.4) is 0 Å². The third-order valence-corrected chi connectivity index (χ3v) is 2.63. The van der Waals surface area contributed by atoms with Gasteiger partial charge in [-0.05, 0) is 25.1 Å². The Kier molecular flexibility index (Phi) is 4.14. The van der Waals surface area contributed by atoms with Gasteiger partial charge in [0.25, 0.3) is 0 Å². The molecule has 0 saturated carbocycles. The van der Waals surface area contributed by atoms with Crippen molar-refractivity contribution in [2.45, 2.75) is 13.5 Å². The first-order valence-electron chi connectivity index (χ1n) is 5.86. The zero-order valence-corrected chi connectivity index (χ0v) is 11.1. The molecule has 2 rings (SSSR count). The minimum Gasteiger partial charge on any atom is -0.465 e. The monoisotopic (exact) mass is 275 g/mol. The molecule has 0 bridgehead atoms. The van der Waals surface area contributed by atoms with Crippen LogP contribution in [0.5, 0.6) is 0 Å². The SMILES string of the molecule is COC(=O)c1ccoc1COC(=O)c1ccc(C)nc1. The summed E-state index contributed by atoms with van der Waals surface area (Å²) in [6, 6.07) is 4.79. The van der Waals surface area contributed by atoms with Crippen molar-refractivity contribution >= 4 is 11.9 Å². The number of hydrogen-bond donors (Lipinski definition) is 0. The van der Waals surface area contributed by atoms with Gasteiger partial charge in [0.1, 0.15) is 5.56 Å². The molecule has 2 aromatic rings. The van der Waals surface area contributed by atoms with Crippen LogP contribution in [0.1, 0.15) is 32.2 Å². The highest BCUT2D eigenvalue weighted by Crippen LogP contribution is 2.14. The Labute approximate surface area is 115 Å². The Morgan fingerprint density at radius 1 is 1.25 bits per heavy atom. The molecule has 0 fully saturated rings. The van der Waals surface area contributed by atoms with Gasteiger partial charge in [0.15, 0.2) is 12.4 Å². The van der Waals surface area contributed by atoms with Gasteiger partial charge in [-0.2, -0.15) is 0 Å². The molecule has 0 radical (unpaired) electrons. The minimum absolute atomic E-state index is 0.149. The van der Waals surface area contributed by atoms with Crippen molar-refractivity contribution in [3.8, 4) is 0 Å². The molecule has 104 valence electrons. The molecule has 0 aliphatic rings. The number of nitrogens with zero attached hydrogens (tertiary/aromatic N) is 1. The number of hydrogen-bond acceptors (Lipinski definition) is 6. The number of methoxy groups -OCH3 is 1. The average molecular weight is 275 g/mol. The van der Waals surface area contributed by atoms with Gasteiger partial charge in [0.05, 0.1) is 18.9 Å². The van der Waals surface area contributed by atoms with Crippen molar-refractivity contribution in [1.82, 2.24) is 4.98 Å². The van der Waals surface area contributed by atoms with Crippen LogP contribution in [0, 0.1) is 6.92 Å². The maximum atomic E-state index is 11.8. The van der Waals surface area contributed by atoms with Gasteiger partial charge in [-0.25, -0.2) is 9.59 Å². The van der Waals surface area contributed by atoms with Crippen LogP contribution in [0.15, 0.2) is 35.1 Å². The van der Waals surface area contributed by atoms with Crippen molar-refractivity contribution in [3.05, 3.63) is 53.2 Å². The summed E-state index contributed by atoms with van der Waals surface area (Å²) in [5.74, 6) is -0.836. The molecule has 0 aliphatic carbocycles. The summed E-state index contributed by atoms with van der Waals surface area (Å²) in [6.07, 6.45) is 2.77. The number of carbonyl (C=O) groups is 2. The van der Waals surface area contributed by atoms with Crippen LogP contribution < -0.4 is 0 Å². The molecule has 0 spiro atoms. The van der Waals surface area contributed by atoms with Crippen molar-refractivity contribution < 1.29 is 23.5 Å². The van der Waals surface area contributed by atoms with Gasteiger partial charge in [-0.15, -0.1) is 0 Å². The van der Waals surface area contributed by atoms with Crippen LogP contribution in [0.25, 0.3) is 0 Å². The summed E-state index contributed by atoms with van der Waals surface area (Å²) in [6.45, 7) is 1.67. The van der Waals surface area contributed by atoms with Crippen molar-refractivity contribution in [1.29, 1.82) is 0 Å². The fourth-order valence-corrected chi connectivity index (χ4v) is 1.55. The highest BCUT2D eigenvalue weighted by molar-refractivity contribution is 5.91. The Morgan fingerprint density at radius 3 is 2.70 bits per heavy atom. The topological polar surface area (TPSA) is 78.6 Å². The van der Waals surface area contributed by atoms with Crippen LogP contribution in [0.4, 0.5) is 0 Å². The van der Waals surface area contributed by atoms with Gasteiger partial charge >= 0.3 is 11.9 Å². The van der Waals surface area contributed by atoms with Crippen molar-refractivity contribution in [2.75, 3.05) is 7.11 Å². The fraction of sp³-hybridized carbons (Fsp3) is 0.214. The number of aryl methyl sites for hydroxylation is 1. The molecular weight excluding hydrogens is 262 g/mol. The molecule has 0 saturated heterocycles. The Morgan fingerprint density at radius 2 is 2.05 bits per heavy atom. The second kappa shape index (κ2) is 6.01. The second-order valence-electron chi connectivity index (χ2n) is 4.01. The largest absolute Gasteiger partial charge is 0.465 e. The third kappa shape index (κ3) is 3.03. The lowest BCUT2D eigenvalue weighted by molar-refractivity contribution is 0.0432. The predicted molar refractivity (Wildman–Crippen MR) is 68.1 cm³/mol. The minimum atomic E-state index is -0.540. The van der Waals surface area contributed by atoms with E-state index in [1.807, 2.05) is 6.92 Å². The summed E-state index contributed by atoms with van der Waals surface area (Å²) in [4.78, 5) is 27.2. The predicted octanol–water partition coefficient (Wildman–Crippen LogP) is 2.13. The standard InChI is InChI=1S/C14H13NO5/c1-9-3-4-10(7-15-9)13(16)20-8-12-11(5-6-19-12)14(17)18-2/h3-7H,8H2,1-2H3. The number of esters is 2. The van der Waals surface area contributed by atoms with Gasteiger partial charge < -0.3 is 13.9 Å². The molecule has 0 amide bonds. The first kappa shape index (κ1) is 13.8. The first-order chi connectivity index (χ1) is 9.61. The maximum Gasteiger partial charge on any atom is 0.341 e. The zero-order valence-electron chi connectivity index (χ0n) is 11.1. The zero-order chi connectivity index (χ0) is 14.5. The number of rotatable bonds is 4. The fourth-order valence-electron chi connectivity index (χ4n) is 1.55. The average Bonchev–Trinajstić information content (AvgIpc) is 2.93. The molecule has 0 unspecified atom stereocenters. The quantitative estimate of drug-likeness (QED) is 0.795. The lowest BCUT2D eigenvalue weighted by Gasteiger charge is -2.04. The van der Waals surface area contributed by atoms with E-state index in [1.165, 1.54) is 25.6 Å².